The molecule has 0 bridgehead atoms. The van der Waals surface area contributed by atoms with Crippen LogP contribution in [0.3, 0.4) is 0 Å². The van der Waals surface area contributed by atoms with Gasteiger partial charge in [-0.1, -0.05) is 30.3 Å². The van der Waals surface area contributed by atoms with Crippen molar-refractivity contribution in [1.29, 1.82) is 0 Å². The Balaban J connectivity index is 1.44. The number of aryl methyl sites for hydroxylation is 1. The Bertz CT molecular complexity index is 1210. The Kier molecular flexibility index (Phi) is 5.27. The zero-order chi connectivity index (χ0) is 22.1. The van der Waals surface area contributed by atoms with E-state index in [0.29, 0.717) is 18.7 Å². The normalized spacial score (nSPS) is 16.4. The molecule has 0 spiro atoms. The van der Waals surface area contributed by atoms with Gasteiger partial charge in [0.15, 0.2) is 5.82 Å². The molecule has 6 heteroatoms. The number of hydrogen-bond donors (Lipinski definition) is 0. The molecule has 1 saturated heterocycles. The molecule has 1 aliphatic rings. The van der Waals surface area contributed by atoms with Gasteiger partial charge in [0.1, 0.15) is 5.56 Å². The van der Waals surface area contributed by atoms with E-state index in [0.717, 1.165) is 18.1 Å². The average Bonchev–Trinajstić information content (AvgIpc) is 3.49. The summed E-state index contributed by atoms with van der Waals surface area (Å²) >= 11 is 0. The van der Waals surface area contributed by atoms with Crippen molar-refractivity contribution < 1.29 is 4.79 Å². The molecule has 2 aromatic heterocycles. The first-order valence-corrected chi connectivity index (χ1v) is 11.0. The number of rotatable bonds is 4. The highest BCUT2D eigenvalue weighted by Crippen LogP contribution is 2.25. The Labute approximate surface area is 188 Å². The van der Waals surface area contributed by atoms with Crippen LogP contribution in [0.15, 0.2) is 85.3 Å². The predicted octanol–water partition coefficient (Wildman–Crippen LogP) is 4.32. The first-order chi connectivity index (χ1) is 15.6. The molecule has 1 atom stereocenters. The van der Waals surface area contributed by atoms with Gasteiger partial charge in [0.25, 0.3) is 5.91 Å². The zero-order valence-electron chi connectivity index (χ0n) is 18.4. The third kappa shape index (κ3) is 3.68. The molecule has 3 heterocycles. The van der Waals surface area contributed by atoms with Crippen molar-refractivity contribution in [1.82, 2.24) is 19.2 Å². The maximum Gasteiger partial charge on any atom is 0.259 e. The molecule has 1 fully saturated rings. The molecule has 0 N–H and O–H groups in total. The number of nitrogens with zero attached hydrogens (tertiary/aromatic N) is 5. The molecule has 5 rings (SSSR count). The van der Waals surface area contributed by atoms with Gasteiger partial charge in [-0.3, -0.25) is 4.79 Å². The molecule has 162 valence electrons. The number of benzene rings is 2. The first kappa shape index (κ1) is 20.1. The van der Waals surface area contributed by atoms with Gasteiger partial charge in [0.05, 0.1) is 11.9 Å². The summed E-state index contributed by atoms with van der Waals surface area (Å²) in [6, 6.07) is 22.6. The van der Waals surface area contributed by atoms with E-state index in [-0.39, 0.29) is 11.9 Å². The van der Waals surface area contributed by atoms with Crippen molar-refractivity contribution in [3.8, 4) is 11.5 Å². The molecule has 0 radical (unpaired) electrons. The number of amides is 1. The first-order valence-electron chi connectivity index (χ1n) is 11.0. The van der Waals surface area contributed by atoms with Gasteiger partial charge in [-0.15, -0.1) is 0 Å². The van der Waals surface area contributed by atoms with Gasteiger partial charge in [-0.25, -0.2) is 4.68 Å². The monoisotopic (exact) mass is 425 g/mol. The van der Waals surface area contributed by atoms with Gasteiger partial charge < -0.3 is 14.4 Å². The van der Waals surface area contributed by atoms with Crippen LogP contribution < -0.4 is 4.90 Å². The minimum atomic E-state index is 0.0200. The second kappa shape index (κ2) is 8.38. The van der Waals surface area contributed by atoms with E-state index in [9.17, 15) is 4.79 Å². The van der Waals surface area contributed by atoms with Crippen LogP contribution in [-0.4, -0.2) is 50.8 Å². The topological polar surface area (TPSA) is 46.3 Å². The molecular weight excluding hydrogens is 398 g/mol. The van der Waals surface area contributed by atoms with E-state index in [1.807, 2.05) is 69.0 Å². The van der Waals surface area contributed by atoms with E-state index in [1.54, 1.807) is 6.20 Å². The van der Waals surface area contributed by atoms with Crippen LogP contribution in [-0.2, 0) is 0 Å². The SMILES string of the molecule is Cc1cccc(N2CCN(C(=O)c3cnn(-c4ccccc4)c3-n3cccc3)CC2C)c1. The Morgan fingerprint density at radius 3 is 2.41 bits per heavy atom. The Morgan fingerprint density at radius 2 is 1.69 bits per heavy atom. The molecule has 32 heavy (non-hydrogen) atoms. The number of piperazine rings is 1. The van der Waals surface area contributed by atoms with E-state index >= 15 is 0 Å². The average molecular weight is 426 g/mol. The largest absolute Gasteiger partial charge is 0.365 e. The number of para-hydroxylation sites is 1. The minimum Gasteiger partial charge on any atom is -0.365 e. The summed E-state index contributed by atoms with van der Waals surface area (Å²) in [5.74, 6) is 0.784. The summed E-state index contributed by atoms with van der Waals surface area (Å²) in [5.41, 5.74) is 4.00. The highest BCUT2D eigenvalue weighted by Gasteiger charge is 2.30. The molecule has 1 amide bonds. The second-order valence-corrected chi connectivity index (χ2v) is 8.35. The summed E-state index contributed by atoms with van der Waals surface area (Å²) in [4.78, 5) is 18.0. The lowest BCUT2D eigenvalue weighted by molar-refractivity contribution is 0.0726. The lowest BCUT2D eigenvalue weighted by Crippen LogP contribution is -2.53. The Hall–Kier alpha value is -3.80. The number of carbonyl (C=O) groups is 1. The third-order valence-electron chi connectivity index (χ3n) is 6.07. The number of anilines is 1. The van der Waals surface area contributed by atoms with Crippen LogP contribution in [0.4, 0.5) is 5.69 Å². The van der Waals surface area contributed by atoms with Crippen LogP contribution in [0.2, 0.25) is 0 Å². The predicted molar refractivity (Wildman–Crippen MR) is 127 cm³/mol. The summed E-state index contributed by atoms with van der Waals surface area (Å²) in [6.45, 7) is 6.46. The number of aromatic nitrogens is 3. The van der Waals surface area contributed by atoms with Gasteiger partial charge in [-0.2, -0.15) is 5.10 Å². The van der Waals surface area contributed by atoms with Gasteiger partial charge in [0.2, 0.25) is 0 Å². The van der Waals surface area contributed by atoms with Crippen molar-refractivity contribution in [2.24, 2.45) is 0 Å². The van der Waals surface area contributed by atoms with Crippen LogP contribution in [0.25, 0.3) is 11.5 Å². The standard InChI is InChI=1S/C26H27N5O/c1-20-9-8-12-23(17-20)30-16-15-29(19-21(30)2)26(32)24-18-27-31(22-10-4-3-5-11-22)25(24)28-13-6-7-14-28/h3-14,17-18,21H,15-16,19H2,1-2H3. The van der Waals surface area contributed by atoms with E-state index in [2.05, 4.69) is 48.1 Å². The molecule has 2 aromatic carbocycles. The van der Waals surface area contributed by atoms with Crippen LogP contribution in [0.5, 0.6) is 0 Å². The molecule has 1 aliphatic heterocycles. The van der Waals surface area contributed by atoms with E-state index in [1.165, 1.54) is 11.3 Å². The maximum absolute atomic E-state index is 13.6. The highest BCUT2D eigenvalue weighted by atomic mass is 16.2. The lowest BCUT2D eigenvalue weighted by atomic mass is 10.1. The fourth-order valence-electron chi connectivity index (χ4n) is 4.48. The molecule has 4 aromatic rings. The smallest absolute Gasteiger partial charge is 0.259 e. The van der Waals surface area contributed by atoms with Gasteiger partial charge in [-0.05, 0) is 55.8 Å². The summed E-state index contributed by atoms with van der Waals surface area (Å²) in [5, 5.41) is 4.59. The lowest BCUT2D eigenvalue weighted by Gasteiger charge is -2.41. The summed E-state index contributed by atoms with van der Waals surface area (Å²) in [7, 11) is 0. The van der Waals surface area contributed by atoms with E-state index < -0.39 is 0 Å². The molecule has 6 nitrogen and oxygen atoms in total. The fraction of sp³-hybridized carbons (Fsp3) is 0.231. The van der Waals surface area contributed by atoms with Crippen molar-refractivity contribution in [3.05, 3.63) is 96.4 Å². The van der Waals surface area contributed by atoms with Crippen LogP contribution in [0, 0.1) is 6.92 Å². The second-order valence-electron chi connectivity index (χ2n) is 8.35. The molecule has 1 unspecified atom stereocenters. The third-order valence-corrected chi connectivity index (χ3v) is 6.07. The van der Waals surface area contributed by atoms with Crippen molar-refractivity contribution in [2.75, 3.05) is 24.5 Å². The minimum absolute atomic E-state index is 0.0200. The molecule has 0 aliphatic carbocycles. The van der Waals surface area contributed by atoms with Crippen molar-refractivity contribution in [3.63, 3.8) is 0 Å². The van der Waals surface area contributed by atoms with Crippen LogP contribution >= 0.6 is 0 Å². The van der Waals surface area contributed by atoms with Crippen molar-refractivity contribution >= 4 is 11.6 Å². The van der Waals surface area contributed by atoms with Crippen LogP contribution in [0.1, 0.15) is 22.8 Å². The van der Waals surface area contributed by atoms with Gasteiger partial charge >= 0.3 is 0 Å². The molecule has 0 saturated carbocycles. The number of carbonyl (C=O) groups excluding carboxylic acids is 1. The summed E-state index contributed by atoms with van der Waals surface area (Å²) in [6.07, 6.45) is 5.60. The quantitative estimate of drug-likeness (QED) is 0.489. The zero-order valence-corrected chi connectivity index (χ0v) is 18.4. The van der Waals surface area contributed by atoms with Gasteiger partial charge in [0, 0.05) is 43.8 Å². The van der Waals surface area contributed by atoms with Crippen molar-refractivity contribution in [2.45, 2.75) is 19.9 Å². The highest BCUT2D eigenvalue weighted by molar-refractivity contribution is 5.97. The Morgan fingerprint density at radius 1 is 0.938 bits per heavy atom. The van der Waals surface area contributed by atoms with E-state index in [4.69, 9.17) is 0 Å². The summed E-state index contributed by atoms with van der Waals surface area (Å²) < 4.78 is 3.79. The maximum atomic E-state index is 13.6. The fourth-order valence-corrected chi connectivity index (χ4v) is 4.48. The number of hydrogen-bond acceptors (Lipinski definition) is 3. The molecular formula is C26H27N5O.